The topological polar surface area (TPSA) is 59.4 Å². The second-order valence-electron chi connectivity index (χ2n) is 9.94. The summed E-state index contributed by atoms with van der Waals surface area (Å²) in [6.45, 7) is 0. The van der Waals surface area contributed by atoms with Crippen LogP contribution in [-0.2, 0) is 35.3 Å². The highest BCUT2D eigenvalue weighted by Gasteiger charge is 2.96. The van der Waals surface area contributed by atoms with Crippen LogP contribution in [0.25, 0.3) is 0 Å². The number of hydrogen-bond acceptors (Lipinski definition) is 5. The third-order valence-electron chi connectivity index (χ3n) is 8.01. The third kappa shape index (κ3) is 2.39. The Morgan fingerprint density at radius 2 is 1.09 bits per heavy atom. The lowest BCUT2D eigenvalue weighted by molar-refractivity contribution is -0.162. The molecule has 4 aliphatic heterocycles. The van der Waals surface area contributed by atoms with Gasteiger partial charge in [-0.25, -0.2) is 0 Å². The van der Waals surface area contributed by atoms with Crippen molar-refractivity contribution in [3.8, 4) is 0 Å². The summed E-state index contributed by atoms with van der Waals surface area (Å²) in [5.74, 6) is -3.61. The Morgan fingerprint density at radius 1 is 0.636 bits per heavy atom. The van der Waals surface area contributed by atoms with Gasteiger partial charge in [0.1, 0.15) is 12.2 Å². The number of ether oxygens (including phenoxy) is 5. The minimum absolute atomic E-state index is 0.0591. The molecule has 4 heterocycles. The molecule has 2 aromatic carbocycles. The molecule has 6 atom stereocenters. The maximum atomic E-state index is 7.01. The molecular formula is C28H26O5. The number of allylic oxidation sites excluding steroid dienone is 2. The molecule has 0 bridgehead atoms. The fourth-order valence-corrected chi connectivity index (χ4v) is 6.16. The summed E-state index contributed by atoms with van der Waals surface area (Å²) in [7, 11) is 0. The normalized spacial score (nSPS) is 44.1. The Labute approximate surface area is 192 Å². The average molecular weight is 443 g/mol. The van der Waals surface area contributed by atoms with Crippen LogP contribution in [0.1, 0.15) is 49.7 Å². The molecule has 5 nitrogen and oxygen atoms in total. The van der Waals surface area contributed by atoms with Gasteiger partial charge in [-0.1, -0.05) is 72.8 Å². The molecule has 5 heteroatoms. The summed E-state index contributed by atoms with van der Waals surface area (Å²) in [5.41, 5.74) is 4.55. The first-order valence-electron chi connectivity index (χ1n) is 12.2. The zero-order valence-electron chi connectivity index (χ0n) is 18.4. The van der Waals surface area contributed by atoms with Crippen LogP contribution < -0.4 is 0 Å². The first-order chi connectivity index (χ1) is 16.2. The highest BCUT2D eigenvalue weighted by Crippen LogP contribution is 2.78. The number of epoxide rings is 4. The van der Waals surface area contributed by atoms with Gasteiger partial charge in [-0.15, -0.1) is 0 Å². The molecule has 0 N–H and O–H groups in total. The van der Waals surface area contributed by atoms with Crippen LogP contribution in [0.3, 0.4) is 0 Å². The molecule has 0 amide bonds. The van der Waals surface area contributed by atoms with E-state index in [1.54, 1.807) is 0 Å². The van der Waals surface area contributed by atoms with Gasteiger partial charge in [-0.2, -0.15) is 0 Å². The van der Waals surface area contributed by atoms with E-state index in [2.05, 4.69) is 36.4 Å². The van der Waals surface area contributed by atoms with Gasteiger partial charge in [0, 0.05) is 11.1 Å². The van der Waals surface area contributed by atoms with Gasteiger partial charge in [0.25, 0.3) is 23.1 Å². The Kier molecular flexibility index (Phi) is 3.60. The Balaban J connectivity index is 1.20. The van der Waals surface area contributed by atoms with Crippen molar-refractivity contribution < 1.29 is 23.7 Å². The van der Waals surface area contributed by atoms with E-state index in [-0.39, 0.29) is 12.2 Å². The molecule has 0 saturated carbocycles. The SMILES string of the molecule is C1=C(C2OC23OC3(OC2(c3ccccc3)OC23OC3C2=CCCC2)c2ccccc2)CCC1. The van der Waals surface area contributed by atoms with Gasteiger partial charge in [-0.05, 0) is 49.7 Å². The quantitative estimate of drug-likeness (QED) is 0.456. The lowest BCUT2D eigenvalue weighted by atomic mass is 9.98. The third-order valence-corrected chi connectivity index (χ3v) is 8.01. The molecule has 2 aromatic rings. The van der Waals surface area contributed by atoms with Crippen LogP contribution >= 0.6 is 0 Å². The monoisotopic (exact) mass is 442 g/mol. The maximum Gasteiger partial charge on any atom is 0.263 e. The zero-order valence-corrected chi connectivity index (χ0v) is 18.4. The first kappa shape index (κ1) is 19.1. The number of hydrogen-bond donors (Lipinski definition) is 0. The molecular weight excluding hydrogens is 416 g/mol. The van der Waals surface area contributed by atoms with Gasteiger partial charge in [0.2, 0.25) is 0 Å². The van der Waals surface area contributed by atoms with Crippen molar-refractivity contribution in [1.82, 2.24) is 0 Å². The Hall–Kier alpha value is -2.28. The minimum atomic E-state index is -1.03. The first-order valence-corrected chi connectivity index (χ1v) is 12.2. The number of benzene rings is 2. The zero-order chi connectivity index (χ0) is 21.7. The van der Waals surface area contributed by atoms with Gasteiger partial charge in [0.05, 0.1) is 0 Å². The van der Waals surface area contributed by atoms with Crippen molar-refractivity contribution in [2.24, 2.45) is 0 Å². The molecule has 0 radical (unpaired) electrons. The summed E-state index contributed by atoms with van der Waals surface area (Å²) in [6, 6.07) is 20.3. The van der Waals surface area contributed by atoms with E-state index < -0.39 is 23.1 Å². The predicted octanol–water partition coefficient (Wildman–Crippen LogP) is 5.18. The van der Waals surface area contributed by atoms with Crippen LogP contribution in [0, 0.1) is 0 Å². The molecule has 4 saturated heterocycles. The van der Waals surface area contributed by atoms with Crippen LogP contribution in [0.5, 0.6) is 0 Å². The largest absolute Gasteiger partial charge is 0.329 e. The summed E-state index contributed by atoms with van der Waals surface area (Å²) < 4.78 is 32.5. The predicted molar refractivity (Wildman–Crippen MR) is 119 cm³/mol. The molecule has 2 aliphatic carbocycles. The van der Waals surface area contributed by atoms with Gasteiger partial charge in [-0.3, -0.25) is 4.74 Å². The molecule has 168 valence electrons. The lowest BCUT2D eigenvalue weighted by Crippen LogP contribution is -2.31. The molecule has 2 spiro atoms. The van der Waals surface area contributed by atoms with E-state index in [1.165, 1.54) is 24.0 Å². The van der Waals surface area contributed by atoms with E-state index >= 15 is 0 Å². The average Bonchev–Trinajstić information content (AvgIpc) is 3.83. The fourth-order valence-electron chi connectivity index (χ4n) is 6.16. The van der Waals surface area contributed by atoms with E-state index in [4.69, 9.17) is 23.7 Å². The van der Waals surface area contributed by atoms with Crippen LogP contribution in [0.15, 0.2) is 84.0 Å². The van der Waals surface area contributed by atoms with Gasteiger partial charge >= 0.3 is 0 Å². The van der Waals surface area contributed by atoms with E-state index in [0.29, 0.717) is 0 Å². The Morgan fingerprint density at radius 3 is 1.48 bits per heavy atom. The highest BCUT2D eigenvalue weighted by molar-refractivity contribution is 5.44. The molecule has 0 aromatic heterocycles. The lowest BCUT2D eigenvalue weighted by Gasteiger charge is -2.20. The molecule has 4 fully saturated rings. The van der Waals surface area contributed by atoms with Crippen LogP contribution in [0.4, 0.5) is 0 Å². The van der Waals surface area contributed by atoms with Crippen molar-refractivity contribution in [3.63, 3.8) is 0 Å². The summed E-state index contributed by atoms with van der Waals surface area (Å²) >= 11 is 0. The van der Waals surface area contributed by atoms with Crippen LogP contribution in [-0.4, -0.2) is 23.8 Å². The second-order valence-corrected chi connectivity index (χ2v) is 9.94. The van der Waals surface area contributed by atoms with Gasteiger partial charge < -0.3 is 18.9 Å². The standard InChI is InChI=1S/C28H26O5/c1-3-15-21(16-4-1)25(27(32-25)23(29-27)19-11-7-8-12-19)31-26(22-17-5-2-6-18-22)28(33-26)24(30-28)20-13-9-10-14-20/h1-6,11,13,15-18,23-24H,7-10,12,14H2. The fraction of sp³-hybridized carbons (Fsp3) is 0.429. The van der Waals surface area contributed by atoms with Crippen molar-refractivity contribution in [1.29, 1.82) is 0 Å². The molecule has 6 aliphatic rings. The van der Waals surface area contributed by atoms with Crippen molar-refractivity contribution >= 4 is 0 Å². The van der Waals surface area contributed by atoms with Crippen molar-refractivity contribution in [2.75, 3.05) is 0 Å². The van der Waals surface area contributed by atoms with E-state index in [9.17, 15) is 0 Å². The highest BCUT2D eigenvalue weighted by atomic mass is 17.0. The molecule has 6 unspecified atom stereocenters. The second kappa shape index (κ2) is 6.23. The van der Waals surface area contributed by atoms with E-state index in [0.717, 1.165) is 36.8 Å². The maximum absolute atomic E-state index is 7.01. The van der Waals surface area contributed by atoms with Crippen molar-refractivity contribution in [3.05, 3.63) is 95.1 Å². The summed E-state index contributed by atoms with van der Waals surface area (Å²) in [4.78, 5) is 0. The number of rotatable bonds is 6. The Bertz CT molecular complexity index is 1100. The molecule has 8 rings (SSSR count). The van der Waals surface area contributed by atoms with Gasteiger partial charge in [0.15, 0.2) is 0 Å². The summed E-state index contributed by atoms with van der Waals surface area (Å²) in [5, 5.41) is 0. The van der Waals surface area contributed by atoms with Crippen molar-refractivity contribution in [2.45, 2.75) is 73.9 Å². The smallest absolute Gasteiger partial charge is 0.263 e. The molecule has 33 heavy (non-hydrogen) atoms. The summed E-state index contributed by atoms with van der Waals surface area (Å²) in [6.07, 6.45) is 11.2. The van der Waals surface area contributed by atoms with Crippen LogP contribution in [0.2, 0.25) is 0 Å². The van der Waals surface area contributed by atoms with E-state index in [1.807, 2.05) is 36.4 Å². The minimum Gasteiger partial charge on any atom is -0.329 e.